The van der Waals surface area contributed by atoms with Crippen LogP contribution in [0.5, 0.6) is 0 Å². The molecule has 0 unspecified atom stereocenters. The first-order valence-electron chi connectivity index (χ1n) is 9.42. The van der Waals surface area contributed by atoms with Crippen LogP contribution in [0.3, 0.4) is 0 Å². The first kappa shape index (κ1) is 24.3. The fraction of sp³-hybridized carbons (Fsp3) is 0.500. The molecule has 1 N–H and O–H groups in total. The Balaban J connectivity index is 2.28. The molecule has 0 aliphatic rings. The molecule has 8 heteroatoms. The number of halogens is 3. The second-order valence-electron chi connectivity index (χ2n) is 7.65. The molecule has 0 aliphatic heterocycles. The standard InChI is InChI=1S/C20H28ClF2NO3Si/c1-28(2,3)15-12-13-16(17(21)14-15)20(26)24-27-19(25)11-9-7-5-4-6-8-10-18(22)23/h10,12-14H,4-9,11H2,1-3H3,(H,24,26). The maximum Gasteiger partial charge on any atom is 0.332 e. The summed E-state index contributed by atoms with van der Waals surface area (Å²) in [5.41, 5.74) is 2.40. The maximum absolute atomic E-state index is 12.1. The Morgan fingerprint density at radius 1 is 1.11 bits per heavy atom. The maximum atomic E-state index is 12.1. The third-order valence-corrected chi connectivity index (χ3v) is 6.58. The minimum absolute atomic E-state index is 0.182. The van der Waals surface area contributed by atoms with Crippen LogP contribution in [0.25, 0.3) is 0 Å². The lowest BCUT2D eigenvalue weighted by atomic mass is 10.1. The number of carbonyl (C=O) groups excluding carboxylic acids is 2. The number of hydroxylamine groups is 1. The highest BCUT2D eigenvalue weighted by Crippen LogP contribution is 2.16. The topological polar surface area (TPSA) is 55.4 Å². The Labute approximate surface area is 171 Å². The van der Waals surface area contributed by atoms with E-state index in [0.29, 0.717) is 24.3 Å². The summed E-state index contributed by atoms with van der Waals surface area (Å²) in [7, 11) is -1.53. The van der Waals surface area contributed by atoms with Crippen molar-refractivity contribution in [2.45, 2.75) is 64.6 Å². The van der Waals surface area contributed by atoms with Gasteiger partial charge >= 0.3 is 5.97 Å². The van der Waals surface area contributed by atoms with E-state index in [-0.39, 0.29) is 12.0 Å². The van der Waals surface area contributed by atoms with Gasteiger partial charge in [-0.3, -0.25) is 4.79 Å². The second kappa shape index (κ2) is 12.0. The lowest BCUT2D eigenvalue weighted by Crippen LogP contribution is -2.38. The van der Waals surface area contributed by atoms with E-state index in [9.17, 15) is 18.4 Å². The molecule has 0 saturated carbocycles. The van der Waals surface area contributed by atoms with E-state index in [4.69, 9.17) is 16.4 Å². The van der Waals surface area contributed by atoms with Crippen LogP contribution in [0.4, 0.5) is 8.78 Å². The lowest BCUT2D eigenvalue weighted by Gasteiger charge is -2.17. The summed E-state index contributed by atoms with van der Waals surface area (Å²) < 4.78 is 23.7. The van der Waals surface area contributed by atoms with Crippen molar-refractivity contribution in [3.63, 3.8) is 0 Å². The van der Waals surface area contributed by atoms with Crippen LogP contribution in [-0.2, 0) is 9.63 Å². The molecule has 0 heterocycles. The molecule has 0 fully saturated rings. The van der Waals surface area contributed by atoms with Crippen LogP contribution in [0.15, 0.2) is 30.4 Å². The van der Waals surface area contributed by atoms with Gasteiger partial charge in [0.2, 0.25) is 0 Å². The van der Waals surface area contributed by atoms with E-state index in [0.717, 1.165) is 30.5 Å². The molecule has 28 heavy (non-hydrogen) atoms. The summed E-state index contributed by atoms with van der Waals surface area (Å²) in [4.78, 5) is 28.6. The zero-order chi connectivity index (χ0) is 21.2. The summed E-state index contributed by atoms with van der Waals surface area (Å²) in [6.07, 6.45) is 3.65. The van der Waals surface area contributed by atoms with Crippen molar-refractivity contribution >= 4 is 36.7 Å². The van der Waals surface area contributed by atoms with Gasteiger partial charge in [0.15, 0.2) is 0 Å². The van der Waals surface area contributed by atoms with Gasteiger partial charge in [0.05, 0.1) is 18.7 Å². The van der Waals surface area contributed by atoms with Gasteiger partial charge in [0, 0.05) is 6.42 Å². The van der Waals surface area contributed by atoms with Crippen molar-refractivity contribution in [1.82, 2.24) is 5.48 Å². The average Bonchev–Trinajstić information content (AvgIpc) is 2.60. The first-order chi connectivity index (χ1) is 13.1. The SMILES string of the molecule is C[Si](C)(C)c1ccc(C(=O)NOC(=O)CCCCCCCC=C(F)F)c(Cl)c1. The van der Waals surface area contributed by atoms with Gasteiger partial charge in [-0.05, 0) is 37.5 Å². The van der Waals surface area contributed by atoms with Crippen LogP contribution in [0.2, 0.25) is 24.7 Å². The number of benzene rings is 1. The largest absolute Gasteiger partial charge is 0.341 e. The number of amides is 1. The molecule has 1 aromatic carbocycles. The fourth-order valence-electron chi connectivity index (χ4n) is 2.53. The third-order valence-electron chi connectivity index (χ3n) is 4.22. The molecule has 0 radical (unpaired) electrons. The van der Waals surface area contributed by atoms with Gasteiger partial charge in [0.25, 0.3) is 12.0 Å². The smallest absolute Gasteiger partial charge is 0.332 e. The molecule has 0 aliphatic carbocycles. The third kappa shape index (κ3) is 9.46. The van der Waals surface area contributed by atoms with E-state index in [1.807, 2.05) is 6.07 Å². The van der Waals surface area contributed by atoms with Crippen molar-refractivity contribution in [2.24, 2.45) is 0 Å². The molecule has 0 spiro atoms. The number of unbranched alkanes of at least 4 members (excludes halogenated alkanes) is 5. The molecule has 156 valence electrons. The number of hydrogen-bond acceptors (Lipinski definition) is 3. The molecule has 4 nitrogen and oxygen atoms in total. The van der Waals surface area contributed by atoms with E-state index in [1.54, 1.807) is 12.1 Å². The number of carbonyl (C=O) groups is 2. The Morgan fingerprint density at radius 3 is 2.36 bits per heavy atom. The molecule has 1 rings (SSSR count). The quantitative estimate of drug-likeness (QED) is 0.298. The van der Waals surface area contributed by atoms with Gasteiger partial charge in [-0.1, -0.05) is 61.8 Å². The van der Waals surface area contributed by atoms with Crippen molar-refractivity contribution in [3.8, 4) is 0 Å². The molecule has 1 aromatic rings. The van der Waals surface area contributed by atoms with Gasteiger partial charge < -0.3 is 4.84 Å². The van der Waals surface area contributed by atoms with Crippen molar-refractivity contribution < 1.29 is 23.2 Å². The van der Waals surface area contributed by atoms with E-state index in [2.05, 4.69) is 25.1 Å². The molecular formula is C20H28ClF2NO3Si. The highest BCUT2D eigenvalue weighted by atomic mass is 35.5. The second-order valence-corrected chi connectivity index (χ2v) is 13.1. The Kier molecular flexibility index (Phi) is 10.4. The van der Waals surface area contributed by atoms with E-state index < -0.39 is 26.0 Å². The van der Waals surface area contributed by atoms with Crippen LogP contribution < -0.4 is 10.7 Å². The minimum atomic E-state index is -1.64. The summed E-state index contributed by atoms with van der Waals surface area (Å²) in [5, 5.41) is 1.47. The first-order valence-corrected chi connectivity index (χ1v) is 13.3. The van der Waals surface area contributed by atoms with Crippen LogP contribution >= 0.6 is 11.6 Å². The number of rotatable bonds is 10. The molecule has 0 bridgehead atoms. The predicted octanol–water partition coefficient (Wildman–Crippen LogP) is 5.58. The lowest BCUT2D eigenvalue weighted by molar-refractivity contribution is -0.149. The molecule has 1 amide bonds. The summed E-state index contributed by atoms with van der Waals surface area (Å²) in [6, 6.07) is 5.32. The number of nitrogens with one attached hydrogen (secondary N) is 1. The fourth-order valence-corrected chi connectivity index (χ4v) is 4.05. The van der Waals surface area contributed by atoms with Crippen molar-refractivity contribution in [3.05, 3.63) is 40.9 Å². The van der Waals surface area contributed by atoms with Gasteiger partial charge in [-0.25, -0.2) is 4.79 Å². The van der Waals surface area contributed by atoms with Crippen molar-refractivity contribution in [2.75, 3.05) is 0 Å². The summed E-state index contributed by atoms with van der Waals surface area (Å²) in [5.74, 6) is -1.08. The average molecular weight is 432 g/mol. The highest BCUT2D eigenvalue weighted by molar-refractivity contribution is 6.88. The molecule has 0 saturated heterocycles. The Hall–Kier alpha value is -1.73. The van der Waals surface area contributed by atoms with Crippen LogP contribution in [0, 0.1) is 0 Å². The zero-order valence-corrected chi connectivity index (χ0v) is 18.4. The molecular weight excluding hydrogens is 404 g/mol. The highest BCUT2D eigenvalue weighted by Gasteiger charge is 2.19. The van der Waals surface area contributed by atoms with Crippen LogP contribution in [-0.4, -0.2) is 20.0 Å². The summed E-state index contributed by atoms with van der Waals surface area (Å²) >= 11 is 6.19. The minimum Gasteiger partial charge on any atom is -0.341 e. The molecule has 0 aromatic heterocycles. The Bertz CT molecular complexity index is 701. The normalized spacial score (nSPS) is 11.1. The monoisotopic (exact) mass is 431 g/mol. The van der Waals surface area contributed by atoms with Gasteiger partial charge in [-0.15, -0.1) is 0 Å². The van der Waals surface area contributed by atoms with E-state index in [1.165, 1.54) is 0 Å². The van der Waals surface area contributed by atoms with Gasteiger partial charge in [-0.2, -0.15) is 14.3 Å². The number of allylic oxidation sites excluding steroid dienone is 1. The summed E-state index contributed by atoms with van der Waals surface area (Å²) in [6.45, 7) is 6.55. The predicted molar refractivity (Wildman–Crippen MR) is 111 cm³/mol. The van der Waals surface area contributed by atoms with Crippen molar-refractivity contribution in [1.29, 1.82) is 0 Å². The molecule has 0 atom stereocenters. The Morgan fingerprint density at radius 2 is 1.75 bits per heavy atom. The van der Waals surface area contributed by atoms with Crippen LogP contribution in [0.1, 0.15) is 55.3 Å². The van der Waals surface area contributed by atoms with E-state index >= 15 is 0 Å². The number of hydrogen-bond donors (Lipinski definition) is 1. The zero-order valence-electron chi connectivity index (χ0n) is 16.6. The van der Waals surface area contributed by atoms with Gasteiger partial charge in [0.1, 0.15) is 0 Å².